The van der Waals surface area contributed by atoms with Crippen molar-refractivity contribution in [3.05, 3.63) is 51.7 Å². The molecule has 0 radical (unpaired) electrons. The van der Waals surface area contributed by atoms with E-state index >= 15 is 0 Å². The van der Waals surface area contributed by atoms with Gasteiger partial charge in [-0.1, -0.05) is 6.07 Å². The third kappa shape index (κ3) is 4.06. The van der Waals surface area contributed by atoms with Gasteiger partial charge in [-0.25, -0.2) is 4.98 Å². The highest BCUT2D eigenvalue weighted by molar-refractivity contribution is 5.72. The number of ether oxygens (including phenoxy) is 1. The number of hydrogen-bond acceptors (Lipinski definition) is 5. The molecule has 0 spiro atoms. The molecule has 132 valence electrons. The number of hydrogen-bond donors (Lipinski definition) is 1. The Morgan fingerprint density at radius 2 is 1.96 bits per heavy atom. The zero-order valence-electron chi connectivity index (χ0n) is 15.0. The number of nitrogens with one attached hydrogen (secondary N) is 1. The largest absolute Gasteiger partial charge is 0.492 e. The van der Waals surface area contributed by atoms with Crippen LogP contribution < -0.4 is 10.3 Å². The molecule has 0 atom stereocenters. The Hall–Kier alpha value is -2.67. The molecule has 7 nitrogen and oxygen atoms in total. The smallest absolute Gasteiger partial charge is 0.262 e. The molecule has 0 bridgehead atoms. The molecule has 3 aromatic rings. The van der Waals surface area contributed by atoms with Crippen LogP contribution in [-0.4, -0.2) is 44.8 Å². The summed E-state index contributed by atoms with van der Waals surface area (Å²) in [5, 5.41) is 4.58. The zero-order valence-corrected chi connectivity index (χ0v) is 15.0. The highest BCUT2D eigenvalue weighted by atomic mass is 16.5. The summed E-state index contributed by atoms with van der Waals surface area (Å²) < 4.78 is 7.44. The second-order valence-electron chi connectivity index (χ2n) is 6.43. The van der Waals surface area contributed by atoms with Crippen LogP contribution in [0.25, 0.3) is 11.0 Å². The van der Waals surface area contributed by atoms with Crippen LogP contribution in [0.1, 0.15) is 17.0 Å². The third-order valence-electron chi connectivity index (χ3n) is 4.01. The predicted octanol–water partition coefficient (Wildman–Crippen LogP) is 1.78. The molecule has 25 heavy (non-hydrogen) atoms. The van der Waals surface area contributed by atoms with E-state index in [0.29, 0.717) is 30.0 Å². The van der Waals surface area contributed by atoms with E-state index in [4.69, 9.17) is 4.74 Å². The quantitative estimate of drug-likeness (QED) is 0.740. The van der Waals surface area contributed by atoms with Crippen LogP contribution in [-0.2, 0) is 13.6 Å². The lowest BCUT2D eigenvalue weighted by Gasteiger charge is -2.16. The molecular formula is C18H23N5O2. The molecule has 1 aromatic carbocycles. The summed E-state index contributed by atoms with van der Waals surface area (Å²) >= 11 is 0. The molecule has 0 saturated heterocycles. The molecular weight excluding hydrogens is 318 g/mol. The van der Waals surface area contributed by atoms with Gasteiger partial charge >= 0.3 is 0 Å². The van der Waals surface area contributed by atoms with Crippen molar-refractivity contribution in [1.82, 2.24) is 24.6 Å². The summed E-state index contributed by atoms with van der Waals surface area (Å²) in [6.45, 7) is 5.94. The van der Waals surface area contributed by atoms with Crippen LogP contribution in [0.3, 0.4) is 0 Å². The van der Waals surface area contributed by atoms with Crippen LogP contribution in [0.4, 0.5) is 0 Å². The molecule has 3 rings (SSSR count). The van der Waals surface area contributed by atoms with E-state index in [-0.39, 0.29) is 5.56 Å². The summed E-state index contributed by atoms with van der Waals surface area (Å²) in [6, 6.07) is 6.18. The maximum Gasteiger partial charge on any atom is 0.262 e. The van der Waals surface area contributed by atoms with E-state index in [2.05, 4.69) is 39.9 Å². The molecule has 0 aliphatic carbocycles. The monoisotopic (exact) mass is 341 g/mol. The molecule has 0 saturated carbocycles. The van der Waals surface area contributed by atoms with E-state index in [1.165, 1.54) is 17.3 Å². The lowest BCUT2D eigenvalue weighted by Crippen LogP contribution is -2.26. The number of aryl methyl sites for hydroxylation is 3. The van der Waals surface area contributed by atoms with Crippen LogP contribution in [0.15, 0.2) is 29.2 Å². The Balaban J connectivity index is 1.60. The topological polar surface area (TPSA) is 76.0 Å². The molecule has 0 amide bonds. The van der Waals surface area contributed by atoms with Gasteiger partial charge in [0.2, 0.25) is 0 Å². The summed E-state index contributed by atoms with van der Waals surface area (Å²) in [5.74, 6) is 1.50. The SMILES string of the molecule is Cc1cc(C)cc(OCCN(C)Cc2nc3c(cnn3C)c(=O)[nH]2)c1. The fourth-order valence-corrected chi connectivity index (χ4v) is 2.82. The van der Waals surface area contributed by atoms with Crippen molar-refractivity contribution in [1.29, 1.82) is 0 Å². The molecule has 1 N–H and O–H groups in total. The van der Waals surface area contributed by atoms with Gasteiger partial charge in [-0.15, -0.1) is 0 Å². The standard InChI is InChI=1S/C18H23N5O2/c1-12-7-13(2)9-14(8-12)25-6-5-22(3)11-16-20-17-15(18(24)21-16)10-19-23(17)4/h7-10H,5-6,11H2,1-4H3,(H,20,21,24). The minimum Gasteiger partial charge on any atom is -0.492 e. The van der Waals surface area contributed by atoms with Crippen LogP contribution in [0.5, 0.6) is 5.75 Å². The number of H-pyrrole nitrogens is 1. The number of likely N-dealkylation sites (N-methyl/N-ethyl adjacent to an activating group) is 1. The molecule has 0 fully saturated rings. The van der Waals surface area contributed by atoms with Crippen molar-refractivity contribution in [2.45, 2.75) is 20.4 Å². The van der Waals surface area contributed by atoms with E-state index in [0.717, 1.165) is 12.3 Å². The number of aromatic nitrogens is 4. The van der Waals surface area contributed by atoms with Gasteiger partial charge in [-0.2, -0.15) is 5.10 Å². The van der Waals surface area contributed by atoms with E-state index < -0.39 is 0 Å². The van der Waals surface area contributed by atoms with Gasteiger partial charge < -0.3 is 9.72 Å². The first-order chi connectivity index (χ1) is 11.9. The predicted molar refractivity (Wildman–Crippen MR) is 96.9 cm³/mol. The Morgan fingerprint density at radius 3 is 2.68 bits per heavy atom. The van der Waals surface area contributed by atoms with Gasteiger partial charge in [0.25, 0.3) is 5.56 Å². The highest BCUT2D eigenvalue weighted by Gasteiger charge is 2.10. The fraction of sp³-hybridized carbons (Fsp3) is 0.389. The van der Waals surface area contributed by atoms with Gasteiger partial charge in [0.15, 0.2) is 5.65 Å². The first-order valence-electron chi connectivity index (χ1n) is 8.23. The van der Waals surface area contributed by atoms with Gasteiger partial charge in [0.05, 0.1) is 12.7 Å². The van der Waals surface area contributed by atoms with Gasteiger partial charge in [-0.3, -0.25) is 14.4 Å². The maximum absolute atomic E-state index is 12.1. The van der Waals surface area contributed by atoms with E-state index in [1.54, 1.807) is 11.7 Å². The van der Waals surface area contributed by atoms with Crippen molar-refractivity contribution in [3.8, 4) is 5.75 Å². The lowest BCUT2D eigenvalue weighted by atomic mass is 10.1. The summed E-state index contributed by atoms with van der Waals surface area (Å²) in [6.07, 6.45) is 1.53. The van der Waals surface area contributed by atoms with Crippen LogP contribution in [0.2, 0.25) is 0 Å². The first kappa shape index (κ1) is 17.2. The second kappa shape index (κ2) is 7.06. The van der Waals surface area contributed by atoms with Crippen LogP contribution >= 0.6 is 0 Å². The van der Waals surface area contributed by atoms with Gasteiger partial charge in [-0.05, 0) is 44.2 Å². The van der Waals surface area contributed by atoms with Crippen molar-refractivity contribution in [2.75, 3.05) is 20.2 Å². The normalized spacial score (nSPS) is 11.4. The Kier molecular flexibility index (Phi) is 4.85. The van der Waals surface area contributed by atoms with Crippen molar-refractivity contribution in [2.24, 2.45) is 7.05 Å². The van der Waals surface area contributed by atoms with Crippen molar-refractivity contribution >= 4 is 11.0 Å². The summed E-state index contributed by atoms with van der Waals surface area (Å²) in [4.78, 5) is 21.4. The maximum atomic E-state index is 12.1. The number of nitrogens with zero attached hydrogens (tertiary/aromatic N) is 4. The van der Waals surface area contributed by atoms with Gasteiger partial charge in [0, 0.05) is 13.6 Å². The first-order valence-corrected chi connectivity index (χ1v) is 8.23. The minimum absolute atomic E-state index is 0.159. The summed E-state index contributed by atoms with van der Waals surface area (Å²) in [5.41, 5.74) is 2.82. The molecule has 0 unspecified atom stereocenters. The van der Waals surface area contributed by atoms with Gasteiger partial charge in [0.1, 0.15) is 23.6 Å². The minimum atomic E-state index is -0.159. The van der Waals surface area contributed by atoms with E-state index in [9.17, 15) is 4.79 Å². The average Bonchev–Trinajstić information content (AvgIpc) is 2.88. The average molecular weight is 341 g/mol. The zero-order chi connectivity index (χ0) is 18.0. The number of fused-ring (bicyclic) bond motifs is 1. The number of benzene rings is 1. The third-order valence-corrected chi connectivity index (χ3v) is 4.01. The van der Waals surface area contributed by atoms with E-state index in [1.807, 2.05) is 19.2 Å². The lowest BCUT2D eigenvalue weighted by molar-refractivity contribution is 0.229. The molecule has 2 heterocycles. The number of aromatic amines is 1. The Morgan fingerprint density at radius 1 is 1.24 bits per heavy atom. The molecule has 2 aromatic heterocycles. The van der Waals surface area contributed by atoms with Crippen molar-refractivity contribution in [3.63, 3.8) is 0 Å². The Bertz CT molecular complexity index is 924. The number of rotatable bonds is 6. The fourth-order valence-electron chi connectivity index (χ4n) is 2.82. The van der Waals surface area contributed by atoms with Crippen molar-refractivity contribution < 1.29 is 4.74 Å². The molecule has 0 aliphatic rings. The Labute approximate surface area is 146 Å². The highest BCUT2D eigenvalue weighted by Crippen LogP contribution is 2.16. The second-order valence-corrected chi connectivity index (χ2v) is 6.43. The molecule has 7 heteroatoms. The van der Waals surface area contributed by atoms with Crippen LogP contribution in [0, 0.1) is 13.8 Å². The summed E-state index contributed by atoms with van der Waals surface area (Å²) in [7, 11) is 3.75. The molecule has 0 aliphatic heterocycles.